The maximum absolute atomic E-state index is 13.7. The van der Waals surface area contributed by atoms with E-state index in [4.69, 9.17) is 0 Å². The summed E-state index contributed by atoms with van der Waals surface area (Å²) in [5, 5.41) is 16.8. The number of nitrogens with zero attached hydrogens (tertiary/aromatic N) is 3. The van der Waals surface area contributed by atoms with E-state index in [0.29, 0.717) is 17.4 Å². The summed E-state index contributed by atoms with van der Waals surface area (Å²) in [5.41, 5.74) is -2.85. The van der Waals surface area contributed by atoms with Crippen LogP contribution < -0.4 is 5.32 Å². The molecule has 2 heterocycles. The molecule has 2 aromatic heterocycles. The molecule has 1 aromatic carbocycles. The van der Waals surface area contributed by atoms with Crippen molar-refractivity contribution in [3.8, 4) is 10.6 Å². The largest absolute Gasteiger partial charge is 0.435 e. The highest BCUT2D eigenvalue weighted by atomic mass is 32.1. The number of hydrogen-bond acceptors (Lipinski definition) is 5. The fourth-order valence-corrected chi connectivity index (χ4v) is 3.63. The van der Waals surface area contributed by atoms with Crippen LogP contribution in [0.15, 0.2) is 30.3 Å². The number of benzene rings is 1. The van der Waals surface area contributed by atoms with Crippen LogP contribution in [0.1, 0.15) is 22.3 Å². The Balaban J connectivity index is 2.06. The molecule has 0 aliphatic rings. The third-order valence-corrected chi connectivity index (χ3v) is 5.08. The molecule has 7 nitrogen and oxygen atoms in total. The lowest BCUT2D eigenvalue weighted by atomic mass is 10.2. The zero-order valence-corrected chi connectivity index (χ0v) is 15.8. The average molecular weight is 446 g/mol. The minimum absolute atomic E-state index is 0.0254. The van der Waals surface area contributed by atoms with Gasteiger partial charge in [-0.15, -0.1) is 11.3 Å². The Morgan fingerprint density at radius 1 is 1.27 bits per heavy atom. The van der Waals surface area contributed by atoms with Crippen LogP contribution in [0.2, 0.25) is 0 Å². The first-order chi connectivity index (χ1) is 14.0. The molecule has 13 heteroatoms. The van der Waals surface area contributed by atoms with Crippen LogP contribution in [0, 0.1) is 21.7 Å². The Morgan fingerprint density at radius 2 is 1.90 bits per heavy atom. The molecule has 0 bridgehead atoms. The Morgan fingerprint density at radius 3 is 2.43 bits per heavy atom. The first-order valence-corrected chi connectivity index (χ1v) is 9.03. The zero-order chi connectivity index (χ0) is 22.2. The SMILES string of the molecule is CCn1nc(C(F)(F)F)cc1-c1sc(C(=O)Nc2c(F)cccc2F)cc1[N+](=O)[O-]. The summed E-state index contributed by atoms with van der Waals surface area (Å²) >= 11 is 0.507. The number of aromatic nitrogens is 2. The second-order valence-corrected chi connectivity index (χ2v) is 6.91. The Labute approximate surface area is 168 Å². The molecule has 0 fully saturated rings. The summed E-state index contributed by atoms with van der Waals surface area (Å²) < 4.78 is 67.4. The van der Waals surface area contributed by atoms with Gasteiger partial charge in [0.2, 0.25) is 0 Å². The summed E-state index contributed by atoms with van der Waals surface area (Å²) in [6, 6.07) is 4.35. The quantitative estimate of drug-likeness (QED) is 0.336. The van der Waals surface area contributed by atoms with Crippen LogP contribution in [0.25, 0.3) is 10.6 Å². The maximum Gasteiger partial charge on any atom is 0.435 e. The van der Waals surface area contributed by atoms with Crippen molar-refractivity contribution < 1.29 is 31.7 Å². The van der Waals surface area contributed by atoms with Crippen LogP contribution in [-0.2, 0) is 12.7 Å². The van der Waals surface area contributed by atoms with Gasteiger partial charge in [-0.05, 0) is 25.1 Å². The standard InChI is InChI=1S/C17H11F5N4O3S/c1-2-25-10(7-13(24-25)17(20,21)22)15-11(26(28)29)6-12(30-15)16(27)23-14-8(18)4-3-5-9(14)19/h3-7H,2H2,1H3,(H,23,27). The zero-order valence-electron chi connectivity index (χ0n) is 15.0. The number of nitro groups is 1. The van der Waals surface area contributed by atoms with Gasteiger partial charge in [0.1, 0.15) is 22.2 Å². The van der Waals surface area contributed by atoms with Gasteiger partial charge in [0, 0.05) is 12.6 Å². The van der Waals surface area contributed by atoms with E-state index in [1.807, 2.05) is 5.32 Å². The molecular formula is C17H11F5N4O3S. The van der Waals surface area contributed by atoms with Crippen molar-refractivity contribution in [2.24, 2.45) is 0 Å². The minimum atomic E-state index is -4.77. The van der Waals surface area contributed by atoms with Crippen molar-refractivity contribution in [1.29, 1.82) is 0 Å². The summed E-state index contributed by atoms with van der Waals surface area (Å²) in [4.78, 5) is 22.4. The summed E-state index contributed by atoms with van der Waals surface area (Å²) in [7, 11) is 0. The van der Waals surface area contributed by atoms with Crippen molar-refractivity contribution in [3.63, 3.8) is 0 Å². The Bertz CT molecular complexity index is 1120. The van der Waals surface area contributed by atoms with Crippen LogP contribution in [0.5, 0.6) is 0 Å². The smallest absolute Gasteiger partial charge is 0.316 e. The van der Waals surface area contributed by atoms with Gasteiger partial charge in [0.15, 0.2) is 5.69 Å². The summed E-state index contributed by atoms with van der Waals surface area (Å²) in [6.07, 6.45) is -4.77. The molecule has 0 atom stereocenters. The number of amides is 1. The lowest BCUT2D eigenvalue weighted by Crippen LogP contribution is -2.12. The lowest BCUT2D eigenvalue weighted by molar-refractivity contribution is -0.383. The van der Waals surface area contributed by atoms with Crippen LogP contribution in [0.3, 0.4) is 0 Å². The Hall–Kier alpha value is -3.35. The van der Waals surface area contributed by atoms with E-state index in [1.165, 1.54) is 6.92 Å². The molecule has 0 radical (unpaired) electrons. The maximum atomic E-state index is 13.7. The molecule has 0 aliphatic heterocycles. The monoisotopic (exact) mass is 446 g/mol. The summed E-state index contributed by atoms with van der Waals surface area (Å²) in [6.45, 7) is 1.47. The van der Waals surface area contributed by atoms with Gasteiger partial charge in [-0.1, -0.05) is 6.07 Å². The number of anilines is 1. The van der Waals surface area contributed by atoms with Gasteiger partial charge in [0.05, 0.1) is 15.5 Å². The van der Waals surface area contributed by atoms with Crippen molar-refractivity contribution >= 4 is 28.6 Å². The fraction of sp³-hybridized carbons (Fsp3) is 0.176. The molecule has 30 heavy (non-hydrogen) atoms. The molecule has 0 spiro atoms. The molecule has 1 N–H and O–H groups in total. The van der Waals surface area contributed by atoms with E-state index in [9.17, 15) is 36.9 Å². The number of carbonyl (C=O) groups excluding carboxylic acids is 1. The second kappa shape index (κ2) is 7.82. The van der Waals surface area contributed by atoms with Gasteiger partial charge in [0.25, 0.3) is 11.6 Å². The average Bonchev–Trinajstić information content (AvgIpc) is 3.28. The number of thiophene rings is 1. The molecular weight excluding hydrogens is 435 g/mol. The van der Waals surface area contributed by atoms with Crippen LogP contribution in [0.4, 0.5) is 33.3 Å². The van der Waals surface area contributed by atoms with Gasteiger partial charge < -0.3 is 5.32 Å². The third-order valence-electron chi connectivity index (χ3n) is 3.94. The second-order valence-electron chi connectivity index (χ2n) is 5.86. The number of aryl methyl sites for hydroxylation is 1. The predicted molar refractivity (Wildman–Crippen MR) is 97.2 cm³/mol. The normalized spacial score (nSPS) is 11.5. The van der Waals surface area contributed by atoms with Crippen molar-refractivity contribution in [2.45, 2.75) is 19.6 Å². The first kappa shape index (κ1) is 21.4. The van der Waals surface area contributed by atoms with Crippen LogP contribution >= 0.6 is 11.3 Å². The van der Waals surface area contributed by atoms with Gasteiger partial charge in [-0.25, -0.2) is 8.78 Å². The number of carbonyl (C=O) groups is 1. The van der Waals surface area contributed by atoms with E-state index in [1.54, 1.807) is 0 Å². The number of nitrogens with one attached hydrogen (secondary N) is 1. The van der Waals surface area contributed by atoms with E-state index in [2.05, 4.69) is 5.10 Å². The third kappa shape index (κ3) is 4.01. The number of halogens is 5. The minimum Gasteiger partial charge on any atom is -0.316 e. The van der Waals surface area contributed by atoms with Gasteiger partial charge >= 0.3 is 6.18 Å². The highest BCUT2D eigenvalue weighted by Gasteiger charge is 2.36. The number of alkyl halides is 3. The number of para-hydroxylation sites is 1. The number of hydrogen-bond donors (Lipinski definition) is 1. The van der Waals surface area contributed by atoms with Gasteiger partial charge in [-0.3, -0.25) is 19.6 Å². The molecule has 158 valence electrons. The molecule has 0 aliphatic carbocycles. The van der Waals surface area contributed by atoms with E-state index < -0.39 is 45.7 Å². The molecule has 0 unspecified atom stereocenters. The van der Waals surface area contributed by atoms with Crippen molar-refractivity contribution in [3.05, 3.63) is 62.7 Å². The Kier molecular flexibility index (Phi) is 5.57. The van der Waals surface area contributed by atoms with Crippen molar-refractivity contribution in [2.75, 3.05) is 5.32 Å². The highest BCUT2D eigenvalue weighted by Crippen LogP contribution is 2.41. The molecule has 3 aromatic rings. The molecule has 0 saturated carbocycles. The first-order valence-electron chi connectivity index (χ1n) is 8.22. The summed E-state index contributed by atoms with van der Waals surface area (Å²) in [5.74, 6) is -3.18. The highest BCUT2D eigenvalue weighted by molar-refractivity contribution is 7.18. The van der Waals surface area contributed by atoms with E-state index >= 15 is 0 Å². The fourth-order valence-electron chi connectivity index (χ4n) is 2.58. The molecule has 3 rings (SSSR count). The van der Waals surface area contributed by atoms with E-state index in [-0.39, 0.29) is 22.0 Å². The van der Waals surface area contributed by atoms with Gasteiger partial charge in [-0.2, -0.15) is 18.3 Å². The molecule has 1 amide bonds. The topological polar surface area (TPSA) is 90.1 Å². The predicted octanol–water partition coefficient (Wildman–Crippen LogP) is 5.09. The molecule has 0 saturated heterocycles. The lowest BCUT2D eigenvalue weighted by Gasteiger charge is -2.05. The number of rotatable bonds is 5. The van der Waals surface area contributed by atoms with E-state index in [0.717, 1.165) is 28.9 Å². The van der Waals surface area contributed by atoms with Crippen molar-refractivity contribution in [1.82, 2.24) is 9.78 Å². The van der Waals surface area contributed by atoms with Crippen LogP contribution in [-0.4, -0.2) is 20.6 Å².